The third-order valence-electron chi connectivity index (χ3n) is 9.53. The number of benzene rings is 6. The first kappa shape index (κ1) is 24.5. The zero-order chi connectivity index (χ0) is 35.5. The number of nitrogens with zero attached hydrogens (tertiary/aromatic N) is 3. The zero-order valence-electron chi connectivity index (χ0n) is 30.4. The van der Waals surface area contributed by atoms with E-state index in [4.69, 9.17) is 15.0 Å². The molecule has 0 atom stereocenters. The first-order valence-electron chi connectivity index (χ1n) is 18.6. The Bertz CT molecular complexity index is 2390. The Hall–Kier alpha value is -5.67. The second-order valence-corrected chi connectivity index (χ2v) is 12.5. The number of hydrogen-bond donors (Lipinski definition) is 0. The number of hydrogen-bond acceptors (Lipinski definition) is 3. The minimum absolute atomic E-state index is 0.317. The Labute approximate surface area is 287 Å². The fourth-order valence-corrected chi connectivity index (χ4v) is 7.20. The van der Waals surface area contributed by atoms with E-state index in [-0.39, 0.29) is 0 Å². The van der Waals surface area contributed by atoms with Gasteiger partial charge >= 0.3 is 0 Å². The predicted octanol–water partition coefficient (Wildman–Crippen LogP) is 11.4. The highest BCUT2D eigenvalue weighted by Gasteiger charge is 2.43. The lowest BCUT2D eigenvalue weighted by Crippen LogP contribution is -2.28. The number of fused-ring (bicyclic) bond motifs is 5. The third-order valence-corrected chi connectivity index (χ3v) is 9.53. The lowest BCUT2D eigenvalue weighted by molar-refractivity contribution is 0.353. The second-order valence-electron chi connectivity index (χ2n) is 12.5. The van der Waals surface area contributed by atoms with Crippen molar-refractivity contribution in [3.8, 4) is 67.5 Å². The molecule has 0 N–H and O–H groups in total. The summed E-state index contributed by atoms with van der Waals surface area (Å²) in [5, 5.41) is 0. The molecule has 2 aliphatic carbocycles. The Morgan fingerprint density at radius 3 is 1.46 bits per heavy atom. The van der Waals surface area contributed by atoms with E-state index < -0.39 is 18.2 Å². The maximum absolute atomic E-state index is 9.34. The van der Waals surface area contributed by atoms with E-state index in [9.17, 15) is 5.48 Å². The van der Waals surface area contributed by atoms with Gasteiger partial charge in [-0.2, -0.15) is 0 Å². The third kappa shape index (κ3) is 4.94. The zero-order valence-corrected chi connectivity index (χ0v) is 26.4. The van der Waals surface area contributed by atoms with Gasteiger partial charge in [-0.25, -0.2) is 15.0 Å². The van der Waals surface area contributed by atoms with Crippen LogP contribution in [0.3, 0.4) is 0 Å². The van der Waals surface area contributed by atoms with Crippen molar-refractivity contribution in [3.63, 3.8) is 0 Å². The van der Waals surface area contributed by atoms with Crippen molar-refractivity contribution in [2.75, 3.05) is 0 Å². The minimum Gasteiger partial charge on any atom is -0.208 e. The molecule has 9 rings (SSSR count). The van der Waals surface area contributed by atoms with Gasteiger partial charge in [-0.05, 0) is 75.5 Å². The lowest BCUT2D eigenvalue weighted by atomic mass is 9.67. The van der Waals surface area contributed by atoms with Crippen LogP contribution in [0.4, 0.5) is 0 Å². The summed E-state index contributed by atoms with van der Waals surface area (Å²) in [4.78, 5) is 14.7. The van der Waals surface area contributed by atoms with E-state index >= 15 is 0 Å². The van der Waals surface area contributed by atoms with Gasteiger partial charge in [0, 0.05) is 27.6 Å². The molecule has 230 valence electrons. The van der Waals surface area contributed by atoms with Crippen LogP contribution in [0, 0.1) is 0 Å². The molecule has 48 heavy (non-hydrogen) atoms. The van der Waals surface area contributed by atoms with E-state index in [0.717, 1.165) is 61.2 Å². The molecule has 2 aliphatic rings. The van der Waals surface area contributed by atoms with Crippen LogP contribution in [0.2, 0.25) is 0 Å². The molecular weight excluding hydrogens is 583 g/mol. The van der Waals surface area contributed by atoms with Crippen LogP contribution in [-0.2, 0) is 5.41 Å². The molecule has 1 heterocycles. The summed E-state index contributed by atoms with van der Waals surface area (Å²) in [5.41, 5.74) is 8.58. The van der Waals surface area contributed by atoms with Crippen LogP contribution in [0.15, 0.2) is 152 Å². The fourth-order valence-electron chi connectivity index (χ4n) is 7.20. The molecule has 1 spiro atoms. The summed E-state index contributed by atoms with van der Waals surface area (Å²) in [6, 6.07) is 50.5. The van der Waals surface area contributed by atoms with Crippen molar-refractivity contribution in [1.82, 2.24) is 15.0 Å². The normalized spacial score (nSPS) is 17.8. The highest BCUT2D eigenvalue weighted by atomic mass is 15.0. The van der Waals surface area contributed by atoms with Crippen molar-refractivity contribution in [3.05, 3.63) is 163 Å². The van der Waals surface area contributed by atoms with E-state index in [1.54, 1.807) is 0 Å². The van der Waals surface area contributed by atoms with Gasteiger partial charge in [-0.3, -0.25) is 0 Å². The van der Waals surface area contributed by atoms with Gasteiger partial charge in [0.15, 0.2) is 17.5 Å². The van der Waals surface area contributed by atoms with Crippen LogP contribution >= 0.6 is 0 Å². The molecule has 3 heteroatoms. The lowest BCUT2D eigenvalue weighted by Gasteiger charge is -2.36. The molecule has 1 fully saturated rings. The second kappa shape index (κ2) is 11.8. The Balaban J connectivity index is 1.13. The first-order valence-corrected chi connectivity index (χ1v) is 16.6. The van der Waals surface area contributed by atoms with E-state index in [0.29, 0.717) is 36.7 Å². The van der Waals surface area contributed by atoms with Gasteiger partial charge in [0.1, 0.15) is 0 Å². The molecule has 3 nitrogen and oxygen atoms in total. The smallest absolute Gasteiger partial charge is 0.164 e. The van der Waals surface area contributed by atoms with E-state index in [1.165, 1.54) is 0 Å². The van der Waals surface area contributed by atoms with E-state index in [2.05, 4.69) is 42.5 Å². The minimum atomic E-state index is -1.76. The number of aromatic nitrogens is 3. The molecule has 6 aromatic carbocycles. The Kier molecular flexibility index (Phi) is 6.05. The Morgan fingerprint density at radius 2 is 0.833 bits per heavy atom. The molecule has 0 unspecified atom stereocenters. The summed E-state index contributed by atoms with van der Waals surface area (Å²) in [5.74, 6) is 1.81. The standard InChI is InChI=1S/C45H35N3/c1-4-14-31(15-5-1)42-46-43(32-16-6-2-7-17-32)48-44(47-42)37-21-13-20-35(29-37)33-18-12-19-34(28-33)36-24-25-39-38-22-8-9-23-40(38)45(41(39)30-36)26-10-3-11-27-45/h1-2,4-9,12-25,28-30H,3,10-11,26-27H2/i26D2,27D2. The average Bonchev–Trinajstić information content (AvgIpc) is 3.49. The van der Waals surface area contributed by atoms with Crippen LogP contribution in [0.5, 0.6) is 0 Å². The molecular formula is C45H35N3. The monoisotopic (exact) mass is 621 g/mol. The van der Waals surface area contributed by atoms with Gasteiger partial charge in [-0.15, -0.1) is 0 Å². The SMILES string of the molecule is [2H]C1([2H])CCCC([2H])([2H])C12c1ccccc1-c1ccc(-c3cccc(-c4cccc(-c5nc(-c6ccccc6)nc(-c6ccccc6)n5)c4)c3)cc12. The molecule has 1 aromatic heterocycles. The van der Waals surface area contributed by atoms with Crippen LogP contribution in [0.25, 0.3) is 67.5 Å². The highest BCUT2D eigenvalue weighted by molar-refractivity contribution is 5.85. The molecule has 0 saturated heterocycles. The van der Waals surface area contributed by atoms with Gasteiger partial charge in [-0.1, -0.05) is 153 Å². The number of rotatable bonds is 5. The van der Waals surface area contributed by atoms with Crippen molar-refractivity contribution in [2.45, 2.75) is 37.4 Å². The highest BCUT2D eigenvalue weighted by Crippen LogP contribution is 2.56. The largest absolute Gasteiger partial charge is 0.208 e. The molecule has 7 aromatic rings. The summed E-state index contributed by atoms with van der Waals surface area (Å²) in [7, 11) is 0. The summed E-state index contributed by atoms with van der Waals surface area (Å²) < 4.78 is 37.4. The summed E-state index contributed by atoms with van der Waals surface area (Å²) in [6.45, 7) is 0. The molecule has 0 bridgehead atoms. The maximum Gasteiger partial charge on any atom is 0.164 e. The van der Waals surface area contributed by atoms with Gasteiger partial charge in [0.2, 0.25) is 0 Å². The molecule has 0 radical (unpaired) electrons. The Morgan fingerprint density at radius 1 is 0.375 bits per heavy atom. The molecule has 0 aliphatic heterocycles. The first-order chi connectivity index (χ1) is 25.2. The quantitative estimate of drug-likeness (QED) is 0.192. The van der Waals surface area contributed by atoms with Crippen molar-refractivity contribution in [1.29, 1.82) is 0 Å². The summed E-state index contributed by atoms with van der Waals surface area (Å²) in [6.07, 6.45) is -2.36. The van der Waals surface area contributed by atoms with Crippen molar-refractivity contribution >= 4 is 0 Å². The summed E-state index contributed by atoms with van der Waals surface area (Å²) >= 11 is 0. The average molecular weight is 622 g/mol. The van der Waals surface area contributed by atoms with Crippen LogP contribution in [0.1, 0.15) is 48.6 Å². The van der Waals surface area contributed by atoms with Gasteiger partial charge in [0.05, 0.1) is 0 Å². The fraction of sp³-hybridized carbons (Fsp3) is 0.133. The van der Waals surface area contributed by atoms with Crippen molar-refractivity contribution < 1.29 is 5.48 Å². The molecule has 1 saturated carbocycles. The predicted molar refractivity (Wildman–Crippen MR) is 196 cm³/mol. The van der Waals surface area contributed by atoms with Crippen LogP contribution in [-0.4, -0.2) is 15.0 Å². The van der Waals surface area contributed by atoms with Gasteiger partial charge in [0.25, 0.3) is 0 Å². The maximum atomic E-state index is 9.34. The van der Waals surface area contributed by atoms with Crippen LogP contribution < -0.4 is 0 Å². The van der Waals surface area contributed by atoms with Crippen molar-refractivity contribution in [2.24, 2.45) is 0 Å². The van der Waals surface area contributed by atoms with Gasteiger partial charge < -0.3 is 0 Å². The molecule has 0 amide bonds. The topological polar surface area (TPSA) is 38.7 Å². The van der Waals surface area contributed by atoms with E-state index in [1.807, 2.05) is 109 Å².